The first-order chi connectivity index (χ1) is 18.4. The van der Waals surface area contributed by atoms with E-state index in [2.05, 4.69) is 25.4 Å². The van der Waals surface area contributed by atoms with Crippen molar-refractivity contribution in [3.63, 3.8) is 0 Å². The molecule has 0 radical (unpaired) electrons. The lowest BCUT2D eigenvalue weighted by atomic mass is 10.1. The number of aromatic nitrogens is 5. The first-order valence-corrected chi connectivity index (χ1v) is 12.7. The Morgan fingerprint density at radius 3 is 2.79 bits per heavy atom. The number of benzene rings is 2. The highest BCUT2D eigenvalue weighted by molar-refractivity contribution is 6.35. The van der Waals surface area contributed by atoms with Gasteiger partial charge in [-0.15, -0.1) is 0 Å². The molecule has 1 aliphatic heterocycles. The number of hydrogen-bond donors (Lipinski definition) is 1. The summed E-state index contributed by atoms with van der Waals surface area (Å²) in [6.45, 7) is 2.56. The van der Waals surface area contributed by atoms with E-state index in [1.807, 2.05) is 24.3 Å². The Labute approximate surface area is 228 Å². The predicted octanol–water partition coefficient (Wildman–Crippen LogP) is 4.74. The van der Waals surface area contributed by atoms with Crippen LogP contribution in [0.1, 0.15) is 18.9 Å². The molecule has 0 bridgehead atoms. The number of rotatable bonds is 9. The SMILES string of the molecule is CCC(=O)Nc1nccc(-c2ccc(OCC3COC(Cn4cncn4)(c4ccc(Cl)cc4Cl)O3)cc2)n1. The molecule has 0 saturated carbocycles. The number of ether oxygens (including phenoxy) is 3. The molecule has 1 aliphatic rings. The van der Waals surface area contributed by atoms with Crippen molar-refractivity contribution in [1.29, 1.82) is 0 Å². The highest BCUT2D eigenvalue weighted by Crippen LogP contribution is 2.40. The molecule has 1 amide bonds. The highest BCUT2D eigenvalue weighted by atomic mass is 35.5. The summed E-state index contributed by atoms with van der Waals surface area (Å²) in [4.78, 5) is 24.1. The van der Waals surface area contributed by atoms with Gasteiger partial charge in [0.25, 0.3) is 0 Å². The van der Waals surface area contributed by atoms with Crippen LogP contribution in [0, 0.1) is 0 Å². The van der Waals surface area contributed by atoms with Gasteiger partial charge in [-0.25, -0.2) is 19.6 Å². The lowest BCUT2D eigenvalue weighted by Gasteiger charge is -2.29. The number of carbonyl (C=O) groups excluding carboxylic acids is 1. The van der Waals surface area contributed by atoms with Crippen LogP contribution in [0.4, 0.5) is 5.95 Å². The zero-order chi connectivity index (χ0) is 26.5. The third-order valence-corrected chi connectivity index (χ3v) is 6.40. The van der Waals surface area contributed by atoms with Gasteiger partial charge in [-0.2, -0.15) is 5.10 Å². The molecule has 1 N–H and O–H groups in total. The molecule has 0 spiro atoms. The number of nitrogens with zero attached hydrogens (tertiary/aromatic N) is 5. The van der Waals surface area contributed by atoms with E-state index in [4.69, 9.17) is 37.4 Å². The Balaban J connectivity index is 1.25. The summed E-state index contributed by atoms with van der Waals surface area (Å²) in [6, 6.07) is 14.4. The molecule has 38 heavy (non-hydrogen) atoms. The van der Waals surface area contributed by atoms with Crippen LogP contribution in [0.2, 0.25) is 10.0 Å². The molecule has 5 rings (SSSR count). The largest absolute Gasteiger partial charge is 0.491 e. The molecule has 1 fully saturated rings. The van der Waals surface area contributed by atoms with Gasteiger partial charge >= 0.3 is 0 Å². The zero-order valence-corrected chi connectivity index (χ0v) is 21.9. The normalized spacial score (nSPS) is 18.9. The molecule has 0 aliphatic carbocycles. The number of hydrogen-bond acceptors (Lipinski definition) is 8. The van der Waals surface area contributed by atoms with Crippen molar-refractivity contribution in [2.24, 2.45) is 0 Å². The van der Waals surface area contributed by atoms with Gasteiger partial charge in [-0.3, -0.25) is 10.1 Å². The van der Waals surface area contributed by atoms with Gasteiger partial charge in [0.15, 0.2) is 0 Å². The summed E-state index contributed by atoms with van der Waals surface area (Å²) < 4.78 is 20.2. The van der Waals surface area contributed by atoms with Gasteiger partial charge in [0.2, 0.25) is 17.6 Å². The van der Waals surface area contributed by atoms with Crippen LogP contribution in [-0.2, 0) is 26.6 Å². The van der Waals surface area contributed by atoms with Crippen molar-refractivity contribution < 1.29 is 19.0 Å². The van der Waals surface area contributed by atoms with Crippen LogP contribution in [0.3, 0.4) is 0 Å². The van der Waals surface area contributed by atoms with Crippen molar-refractivity contribution in [3.05, 3.63) is 83.0 Å². The van der Waals surface area contributed by atoms with Gasteiger partial charge in [0, 0.05) is 28.8 Å². The van der Waals surface area contributed by atoms with Crippen molar-refractivity contribution in [1.82, 2.24) is 24.7 Å². The van der Waals surface area contributed by atoms with Crippen molar-refractivity contribution in [3.8, 4) is 17.0 Å². The maximum absolute atomic E-state index is 11.6. The molecule has 2 aromatic heterocycles. The van der Waals surface area contributed by atoms with Crippen LogP contribution < -0.4 is 10.1 Å². The third kappa shape index (κ3) is 5.94. The van der Waals surface area contributed by atoms with Crippen LogP contribution in [0.25, 0.3) is 11.3 Å². The Bertz CT molecular complexity index is 1400. The van der Waals surface area contributed by atoms with E-state index in [-0.39, 0.29) is 31.1 Å². The average Bonchev–Trinajstić information content (AvgIpc) is 3.58. The first-order valence-electron chi connectivity index (χ1n) is 11.9. The van der Waals surface area contributed by atoms with E-state index in [0.717, 1.165) is 5.56 Å². The molecule has 196 valence electrons. The lowest BCUT2D eigenvalue weighted by molar-refractivity contribution is -0.190. The van der Waals surface area contributed by atoms with Gasteiger partial charge in [0.1, 0.15) is 37.7 Å². The topological polar surface area (TPSA) is 113 Å². The minimum absolute atomic E-state index is 0.146. The quantitative estimate of drug-likeness (QED) is 0.315. The molecule has 3 heterocycles. The maximum atomic E-state index is 11.6. The van der Waals surface area contributed by atoms with Gasteiger partial charge in [0.05, 0.1) is 17.3 Å². The standard InChI is InChI=1S/C26H24Cl2N6O4/c1-2-24(35)33-25-30-10-9-23(32-25)17-3-6-19(7-4-17)36-12-20-13-37-26(38-20,14-34-16-29-15-31-34)21-8-5-18(27)11-22(21)28/h3-11,15-16,20H,2,12-14H2,1H3,(H,30,32,33,35). The van der Waals surface area contributed by atoms with E-state index in [9.17, 15) is 4.79 Å². The van der Waals surface area contributed by atoms with Gasteiger partial charge in [-0.05, 0) is 42.5 Å². The van der Waals surface area contributed by atoms with E-state index >= 15 is 0 Å². The minimum Gasteiger partial charge on any atom is -0.491 e. The molecular weight excluding hydrogens is 531 g/mol. The van der Waals surface area contributed by atoms with Gasteiger partial charge in [-0.1, -0.05) is 36.2 Å². The summed E-state index contributed by atoms with van der Waals surface area (Å²) in [5, 5.41) is 7.80. The summed E-state index contributed by atoms with van der Waals surface area (Å²) in [5.41, 5.74) is 2.19. The molecule has 2 unspecified atom stereocenters. The Morgan fingerprint density at radius 2 is 2.05 bits per heavy atom. The second-order valence-electron chi connectivity index (χ2n) is 8.52. The van der Waals surface area contributed by atoms with Crippen LogP contribution >= 0.6 is 23.2 Å². The second-order valence-corrected chi connectivity index (χ2v) is 9.37. The Kier molecular flexibility index (Phi) is 7.85. The smallest absolute Gasteiger partial charge is 0.229 e. The zero-order valence-electron chi connectivity index (χ0n) is 20.4. The molecule has 2 atom stereocenters. The lowest BCUT2D eigenvalue weighted by Crippen LogP contribution is -2.35. The van der Waals surface area contributed by atoms with E-state index in [1.54, 1.807) is 48.4 Å². The summed E-state index contributed by atoms with van der Waals surface area (Å²) in [7, 11) is 0. The maximum Gasteiger partial charge on any atom is 0.229 e. The van der Waals surface area contributed by atoms with Crippen LogP contribution in [0.5, 0.6) is 5.75 Å². The number of amides is 1. The summed E-state index contributed by atoms with van der Waals surface area (Å²) >= 11 is 12.6. The number of anilines is 1. The Hall–Kier alpha value is -3.57. The molecule has 2 aromatic carbocycles. The molecule has 12 heteroatoms. The average molecular weight is 555 g/mol. The fraction of sp³-hybridized carbons (Fsp3) is 0.269. The summed E-state index contributed by atoms with van der Waals surface area (Å²) in [5.74, 6) is -0.398. The fourth-order valence-electron chi connectivity index (χ4n) is 3.99. The number of nitrogens with one attached hydrogen (secondary N) is 1. The first kappa shape index (κ1) is 26.1. The third-order valence-electron chi connectivity index (χ3n) is 5.85. The second kappa shape index (κ2) is 11.4. The van der Waals surface area contributed by atoms with Gasteiger partial charge < -0.3 is 14.2 Å². The van der Waals surface area contributed by atoms with Crippen molar-refractivity contribution in [2.45, 2.75) is 31.8 Å². The molecule has 10 nitrogen and oxygen atoms in total. The van der Waals surface area contributed by atoms with E-state index in [1.165, 1.54) is 6.33 Å². The Morgan fingerprint density at radius 1 is 1.21 bits per heavy atom. The monoisotopic (exact) mass is 554 g/mol. The van der Waals surface area contributed by atoms with E-state index in [0.29, 0.717) is 40.1 Å². The summed E-state index contributed by atoms with van der Waals surface area (Å²) in [6.07, 6.45) is 4.62. The molecular formula is C26H24Cl2N6O4. The minimum atomic E-state index is -1.18. The van der Waals surface area contributed by atoms with Crippen LogP contribution in [0.15, 0.2) is 67.4 Å². The fourth-order valence-corrected chi connectivity index (χ4v) is 4.54. The highest BCUT2D eigenvalue weighted by Gasteiger charge is 2.45. The van der Waals surface area contributed by atoms with Crippen molar-refractivity contribution in [2.75, 3.05) is 18.5 Å². The number of carbonyl (C=O) groups is 1. The van der Waals surface area contributed by atoms with Crippen LogP contribution in [-0.4, -0.2) is 50.0 Å². The van der Waals surface area contributed by atoms with E-state index < -0.39 is 5.79 Å². The number of halogens is 2. The molecule has 1 saturated heterocycles. The van der Waals surface area contributed by atoms with Crippen molar-refractivity contribution >= 4 is 35.1 Å². The molecule has 4 aromatic rings. The predicted molar refractivity (Wildman–Crippen MR) is 141 cm³/mol.